The summed E-state index contributed by atoms with van der Waals surface area (Å²) in [7, 11) is 0. The Morgan fingerprint density at radius 3 is 2.69 bits per heavy atom. The lowest BCUT2D eigenvalue weighted by molar-refractivity contribution is -0.0129. The van der Waals surface area contributed by atoms with Crippen molar-refractivity contribution in [3.63, 3.8) is 0 Å². The topological polar surface area (TPSA) is 60.8 Å². The van der Waals surface area contributed by atoms with Gasteiger partial charge in [0.1, 0.15) is 11.4 Å². The van der Waals surface area contributed by atoms with Gasteiger partial charge in [-0.2, -0.15) is 5.26 Å². The number of halogens is 1. The van der Waals surface area contributed by atoms with Crippen molar-refractivity contribution in [2.24, 2.45) is 0 Å². The SMILES string of the molecule is Cc1ccc2[nH]cc(CCCCNCCCC3(c4ccc(F)cc4)OCc4cc(C#N)ccc43)c2c1. The maximum Gasteiger partial charge on any atom is 0.123 e. The van der Waals surface area contributed by atoms with Gasteiger partial charge in [-0.3, -0.25) is 0 Å². The van der Waals surface area contributed by atoms with Crippen LogP contribution >= 0.6 is 0 Å². The van der Waals surface area contributed by atoms with Crippen LogP contribution in [0.5, 0.6) is 0 Å². The van der Waals surface area contributed by atoms with Crippen LogP contribution in [0.25, 0.3) is 10.9 Å². The predicted molar refractivity (Wildman–Crippen MR) is 141 cm³/mol. The number of hydrogen-bond acceptors (Lipinski definition) is 3. The monoisotopic (exact) mass is 481 g/mol. The second-order valence-electron chi connectivity index (χ2n) is 9.78. The normalized spacial score (nSPS) is 16.8. The van der Waals surface area contributed by atoms with Crippen LogP contribution in [0.2, 0.25) is 0 Å². The summed E-state index contributed by atoms with van der Waals surface area (Å²) in [5.74, 6) is -0.253. The summed E-state index contributed by atoms with van der Waals surface area (Å²) in [5, 5.41) is 14.2. The van der Waals surface area contributed by atoms with E-state index in [9.17, 15) is 9.65 Å². The number of nitrogens with zero attached hydrogens (tertiary/aromatic N) is 1. The van der Waals surface area contributed by atoms with Crippen LogP contribution in [0.15, 0.2) is 66.9 Å². The van der Waals surface area contributed by atoms with Gasteiger partial charge in [-0.15, -0.1) is 0 Å². The van der Waals surface area contributed by atoms with E-state index < -0.39 is 5.60 Å². The lowest BCUT2D eigenvalue weighted by Gasteiger charge is -2.30. The minimum atomic E-state index is -0.605. The number of hydrogen-bond donors (Lipinski definition) is 2. The van der Waals surface area contributed by atoms with Gasteiger partial charge in [0.25, 0.3) is 0 Å². The second kappa shape index (κ2) is 10.7. The first kappa shape index (κ1) is 24.2. The number of nitrogens with one attached hydrogen (secondary N) is 2. The van der Waals surface area contributed by atoms with Crippen LogP contribution in [0.4, 0.5) is 4.39 Å². The Morgan fingerprint density at radius 2 is 1.86 bits per heavy atom. The first-order valence-electron chi connectivity index (χ1n) is 12.8. The van der Waals surface area contributed by atoms with Gasteiger partial charge in [-0.25, -0.2) is 4.39 Å². The van der Waals surface area contributed by atoms with E-state index >= 15 is 0 Å². The standard InChI is InChI=1S/C31H32FN3O/c1-22-6-13-30-28(17-22)24(20-35-30)5-2-3-15-34-16-4-14-31(26-8-10-27(32)11-9-26)29-12-7-23(19-33)18-25(29)21-36-31/h6-13,17-18,20,34-35H,2-5,14-16,21H2,1H3. The Balaban J connectivity index is 1.15. The molecular weight excluding hydrogens is 449 g/mol. The highest BCUT2D eigenvalue weighted by atomic mass is 19.1. The van der Waals surface area contributed by atoms with Gasteiger partial charge >= 0.3 is 0 Å². The van der Waals surface area contributed by atoms with Crippen molar-refractivity contribution < 1.29 is 9.13 Å². The molecule has 4 nitrogen and oxygen atoms in total. The zero-order valence-electron chi connectivity index (χ0n) is 20.7. The molecule has 184 valence electrons. The number of benzene rings is 3. The van der Waals surface area contributed by atoms with Crippen molar-refractivity contribution >= 4 is 10.9 Å². The maximum atomic E-state index is 13.6. The van der Waals surface area contributed by atoms with Crippen molar-refractivity contribution in [1.29, 1.82) is 5.26 Å². The van der Waals surface area contributed by atoms with Crippen molar-refractivity contribution in [1.82, 2.24) is 10.3 Å². The van der Waals surface area contributed by atoms with E-state index in [2.05, 4.69) is 47.7 Å². The van der Waals surface area contributed by atoms with Crippen molar-refractivity contribution in [3.8, 4) is 6.07 Å². The average Bonchev–Trinajstić information content (AvgIpc) is 3.47. The Morgan fingerprint density at radius 1 is 1.03 bits per heavy atom. The Bertz CT molecular complexity index is 1390. The van der Waals surface area contributed by atoms with Crippen molar-refractivity contribution in [2.45, 2.75) is 51.2 Å². The first-order valence-corrected chi connectivity index (χ1v) is 12.8. The molecule has 0 saturated carbocycles. The molecule has 1 aromatic heterocycles. The van der Waals surface area contributed by atoms with Crippen molar-refractivity contribution in [2.75, 3.05) is 13.1 Å². The highest BCUT2D eigenvalue weighted by Gasteiger charge is 2.41. The molecule has 0 aliphatic carbocycles. The van der Waals surface area contributed by atoms with E-state index in [0.717, 1.165) is 61.9 Å². The van der Waals surface area contributed by atoms with Crippen LogP contribution in [0.3, 0.4) is 0 Å². The minimum absolute atomic E-state index is 0.253. The van der Waals surface area contributed by atoms with E-state index in [1.807, 2.05) is 30.3 Å². The zero-order valence-corrected chi connectivity index (χ0v) is 20.7. The van der Waals surface area contributed by atoms with Crippen LogP contribution in [-0.4, -0.2) is 18.1 Å². The smallest absolute Gasteiger partial charge is 0.123 e. The summed E-state index contributed by atoms with van der Waals surface area (Å²) in [6, 6.07) is 21.2. The van der Waals surface area contributed by atoms with E-state index in [-0.39, 0.29) is 5.82 Å². The Kier molecular flexibility index (Phi) is 7.18. The van der Waals surface area contributed by atoms with E-state index in [0.29, 0.717) is 12.2 Å². The molecule has 1 aliphatic rings. The highest BCUT2D eigenvalue weighted by molar-refractivity contribution is 5.83. The third-order valence-corrected chi connectivity index (χ3v) is 7.31. The lowest BCUT2D eigenvalue weighted by atomic mass is 9.81. The van der Waals surface area contributed by atoms with Crippen LogP contribution in [-0.2, 0) is 23.4 Å². The van der Waals surface area contributed by atoms with E-state index in [1.54, 1.807) is 0 Å². The van der Waals surface area contributed by atoms with Gasteiger partial charge in [-0.1, -0.05) is 29.8 Å². The number of rotatable bonds is 10. The molecule has 3 aromatic carbocycles. The third kappa shape index (κ3) is 4.93. The number of aryl methyl sites for hydroxylation is 2. The quantitative estimate of drug-likeness (QED) is 0.249. The molecule has 0 spiro atoms. The zero-order chi connectivity index (χ0) is 25.0. The molecule has 4 aromatic rings. The molecule has 1 unspecified atom stereocenters. The molecule has 1 aliphatic heterocycles. The van der Waals surface area contributed by atoms with Gasteiger partial charge in [0.05, 0.1) is 18.2 Å². The highest BCUT2D eigenvalue weighted by Crippen LogP contribution is 2.45. The summed E-state index contributed by atoms with van der Waals surface area (Å²) >= 11 is 0. The number of unbranched alkanes of at least 4 members (excludes halogenated alkanes) is 1. The fraction of sp³-hybridized carbons (Fsp3) is 0.323. The fourth-order valence-corrected chi connectivity index (χ4v) is 5.42. The molecule has 5 rings (SSSR count). The lowest BCUT2D eigenvalue weighted by Crippen LogP contribution is -2.29. The molecule has 0 amide bonds. The fourth-order valence-electron chi connectivity index (χ4n) is 5.42. The second-order valence-corrected chi connectivity index (χ2v) is 9.78. The van der Waals surface area contributed by atoms with Gasteiger partial charge in [0.2, 0.25) is 0 Å². The van der Waals surface area contributed by atoms with Crippen LogP contribution in [0, 0.1) is 24.1 Å². The summed E-state index contributed by atoms with van der Waals surface area (Å²) in [5.41, 5.74) is 7.02. The predicted octanol–water partition coefficient (Wildman–Crippen LogP) is 6.65. The maximum absolute atomic E-state index is 13.6. The van der Waals surface area contributed by atoms with Gasteiger partial charge in [0, 0.05) is 17.1 Å². The summed E-state index contributed by atoms with van der Waals surface area (Å²) in [6.07, 6.45) is 7.21. The molecule has 0 radical (unpaired) electrons. The average molecular weight is 482 g/mol. The molecule has 1 atom stereocenters. The van der Waals surface area contributed by atoms with Gasteiger partial charge in [0.15, 0.2) is 0 Å². The number of aromatic amines is 1. The van der Waals surface area contributed by atoms with Crippen molar-refractivity contribution in [3.05, 3.63) is 106 Å². The Hall–Kier alpha value is -3.46. The molecular formula is C31H32FN3O. The van der Waals surface area contributed by atoms with Crippen LogP contribution < -0.4 is 5.32 Å². The number of aromatic nitrogens is 1. The molecule has 36 heavy (non-hydrogen) atoms. The number of nitriles is 1. The molecule has 0 saturated heterocycles. The van der Waals surface area contributed by atoms with Crippen LogP contribution in [0.1, 0.15) is 59.1 Å². The Labute approximate surface area is 212 Å². The summed E-state index contributed by atoms with van der Waals surface area (Å²) in [6.45, 7) is 4.47. The minimum Gasteiger partial charge on any atom is -0.361 e. The molecule has 5 heteroatoms. The number of H-pyrrole nitrogens is 1. The van der Waals surface area contributed by atoms with E-state index in [1.165, 1.54) is 34.2 Å². The molecule has 2 heterocycles. The third-order valence-electron chi connectivity index (χ3n) is 7.31. The number of fused-ring (bicyclic) bond motifs is 2. The number of ether oxygens (including phenoxy) is 1. The summed E-state index contributed by atoms with van der Waals surface area (Å²) < 4.78 is 20.0. The molecule has 2 N–H and O–H groups in total. The molecule has 0 bridgehead atoms. The summed E-state index contributed by atoms with van der Waals surface area (Å²) in [4.78, 5) is 3.38. The first-order chi connectivity index (χ1) is 17.6. The molecule has 0 fully saturated rings. The van der Waals surface area contributed by atoms with Gasteiger partial charge in [-0.05, 0) is 111 Å². The van der Waals surface area contributed by atoms with Gasteiger partial charge < -0.3 is 15.0 Å². The van der Waals surface area contributed by atoms with E-state index in [4.69, 9.17) is 4.74 Å². The largest absolute Gasteiger partial charge is 0.361 e.